The molecule has 0 saturated heterocycles. The van der Waals surface area contributed by atoms with Gasteiger partial charge in [0.15, 0.2) is 0 Å². The Balaban J connectivity index is 2.26. The predicted octanol–water partition coefficient (Wildman–Crippen LogP) is 1.03. The number of pyridine rings is 1. The molecule has 1 aromatic heterocycles. The van der Waals surface area contributed by atoms with E-state index >= 15 is 0 Å². The van der Waals surface area contributed by atoms with Crippen LogP contribution in [0.15, 0.2) is 30.3 Å². The highest BCUT2D eigenvalue weighted by atomic mass is 19.1. The molecule has 2 rings (SSSR count). The fraction of sp³-hybridized carbons (Fsp3) is 0.300. The Kier molecular flexibility index (Phi) is 2.94. The summed E-state index contributed by atoms with van der Waals surface area (Å²) in [6, 6.07) is 1.07. The highest BCUT2D eigenvalue weighted by Gasteiger charge is 2.20. The van der Waals surface area contributed by atoms with Gasteiger partial charge in [0.1, 0.15) is 17.6 Å². The molecular formula is C10H12FN3O. The van der Waals surface area contributed by atoms with Crippen molar-refractivity contribution in [2.45, 2.75) is 12.5 Å². The molecule has 0 bridgehead atoms. The van der Waals surface area contributed by atoms with E-state index < -0.39 is 0 Å². The molecule has 0 aliphatic carbocycles. The first-order valence-corrected chi connectivity index (χ1v) is 4.70. The molecule has 1 aliphatic heterocycles. The number of halogens is 1. The van der Waals surface area contributed by atoms with Crippen LogP contribution >= 0.6 is 0 Å². The molecule has 0 aromatic carbocycles. The first-order valence-electron chi connectivity index (χ1n) is 4.70. The number of nitrogens with two attached hydrogens (primary N) is 1. The average Bonchev–Trinajstić information content (AvgIpc) is 2.72. The van der Waals surface area contributed by atoms with Crippen molar-refractivity contribution >= 4 is 0 Å². The van der Waals surface area contributed by atoms with Crippen molar-refractivity contribution < 1.29 is 9.13 Å². The van der Waals surface area contributed by atoms with Gasteiger partial charge < -0.3 is 4.74 Å². The average molecular weight is 209 g/mol. The van der Waals surface area contributed by atoms with E-state index in [2.05, 4.69) is 10.4 Å². The minimum Gasteiger partial charge on any atom is -0.496 e. The fourth-order valence-electron chi connectivity index (χ4n) is 1.57. The summed E-state index contributed by atoms with van der Waals surface area (Å²) in [4.78, 5) is 3.77. The van der Waals surface area contributed by atoms with E-state index in [4.69, 9.17) is 10.6 Å². The van der Waals surface area contributed by atoms with E-state index in [0.29, 0.717) is 12.2 Å². The van der Waals surface area contributed by atoms with Crippen molar-refractivity contribution in [2.24, 2.45) is 5.84 Å². The molecule has 0 saturated carbocycles. The molecule has 5 heteroatoms. The van der Waals surface area contributed by atoms with Crippen LogP contribution in [0.25, 0.3) is 0 Å². The standard InChI is InChI=1S/C10H12FN3O/c11-8-4-7(5-13-6-8)10(14-12)9-2-1-3-15-9/h2,4-6,10,14H,1,3,12H2. The van der Waals surface area contributed by atoms with E-state index in [9.17, 15) is 4.39 Å². The van der Waals surface area contributed by atoms with Gasteiger partial charge in [0, 0.05) is 12.6 Å². The first-order chi connectivity index (χ1) is 7.31. The maximum atomic E-state index is 13.0. The zero-order chi connectivity index (χ0) is 10.7. The van der Waals surface area contributed by atoms with Crippen LogP contribution in [0.3, 0.4) is 0 Å². The van der Waals surface area contributed by atoms with Crippen LogP contribution in [0.2, 0.25) is 0 Å². The second-order valence-corrected chi connectivity index (χ2v) is 3.28. The predicted molar refractivity (Wildman–Crippen MR) is 52.9 cm³/mol. The molecule has 1 atom stereocenters. The van der Waals surface area contributed by atoms with E-state index in [-0.39, 0.29) is 11.9 Å². The van der Waals surface area contributed by atoms with Crippen LogP contribution in [-0.4, -0.2) is 11.6 Å². The van der Waals surface area contributed by atoms with E-state index in [1.54, 1.807) is 6.20 Å². The lowest BCUT2D eigenvalue weighted by atomic mass is 10.1. The maximum Gasteiger partial charge on any atom is 0.141 e. The van der Waals surface area contributed by atoms with Gasteiger partial charge >= 0.3 is 0 Å². The molecule has 0 amide bonds. The molecule has 1 aromatic rings. The Morgan fingerprint density at radius 2 is 2.40 bits per heavy atom. The zero-order valence-corrected chi connectivity index (χ0v) is 8.11. The van der Waals surface area contributed by atoms with Crippen molar-refractivity contribution in [3.63, 3.8) is 0 Å². The molecular weight excluding hydrogens is 197 g/mol. The summed E-state index contributed by atoms with van der Waals surface area (Å²) in [5.74, 6) is 5.76. The van der Waals surface area contributed by atoms with Gasteiger partial charge in [-0.2, -0.15) is 0 Å². The lowest BCUT2D eigenvalue weighted by Crippen LogP contribution is -2.29. The van der Waals surface area contributed by atoms with Crippen LogP contribution in [0.1, 0.15) is 18.0 Å². The molecule has 0 spiro atoms. The highest BCUT2D eigenvalue weighted by molar-refractivity contribution is 5.24. The fourth-order valence-corrected chi connectivity index (χ4v) is 1.57. The van der Waals surface area contributed by atoms with Gasteiger partial charge in [0.05, 0.1) is 12.8 Å². The van der Waals surface area contributed by atoms with Gasteiger partial charge in [-0.3, -0.25) is 10.8 Å². The molecule has 0 fully saturated rings. The number of hydrazine groups is 1. The molecule has 15 heavy (non-hydrogen) atoms. The number of aromatic nitrogens is 1. The SMILES string of the molecule is NNC(C1=CCCO1)c1cncc(F)c1. The van der Waals surface area contributed by atoms with Crippen molar-refractivity contribution in [3.05, 3.63) is 41.7 Å². The summed E-state index contributed by atoms with van der Waals surface area (Å²) in [6.07, 6.45) is 5.52. The molecule has 1 aliphatic rings. The second-order valence-electron chi connectivity index (χ2n) is 3.28. The molecule has 1 unspecified atom stereocenters. The van der Waals surface area contributed by atoms with Crippen LogP contribution in [-0.2, 0) is 4.74 Å². The van der Waals surface area contributed by atoms with Gasteiger partial charge in [-0.1, -0.05) is 0 Å². The summed E-state index contributed by atoms with van der Waals surface area (Å²) in [6.45, 7) is 0.649. The first kappa shape index (κ1) is 10.1. The number of nitrogens with one attached hydrogen (secondary N) is 1. The molecule has 2 heterocycles. The Labute approximate surface area is 86.9 Å². The number of hydrogen-bond donors (Lipinski definition) is 2. The number of hydrogen-bond acceptors (Lipinski definition) is 4. The zero-order valence-electron chi connectivity index (χ0n) is 8.11. The van der Waals surface area contributed by atoms with E-state index in [1.807, 2.05) is 6.08 Å². The van der Waals surface area contributed by atoms with Gasteiger partial charge in [0.25, 0.3) is 0 Å². The van der Waals surface area contributed by atoms with E-state index in [1.165, 1.54) is 6.07 Å². The summed E-state index contributed by atoms with van der Waals surface area (Å²) < 4.78 is 18.3. The van der Waals surface area contributed by atoms with Gasteiger partial charge in [-0.15, -0.1) is 0 Å². The monoisotopic (exact) mass is 209 g/mol. The molecule has 80 valence electrons. The smallest absolute Gasteiger partial charge is 0.141 e. The quantitative estimate of drug-likeness (QED) is 0.576. The Morgan fingerprint density at radius 1 is 1.53 bits per heavy atom. The van der Waals surface area contributed by atoms with Crippen LogP contribution in [0.4, 0.5) is 4.39 Å². The lowest BCUT2D eigenvalue weighted by molar-refractivity contribution is 0.215. The largest absolute Gasteiger partial charge is 0.496 e. The van der Waals surface area contributed by atoms with Crippen molar-refractivity contribution in [3.8, 4) is 0 Å². The third-order valence-corrected chi connectivity index (χ3v) is 2.24. The van der Waals surface area contributed by atoms with Gasteiger partial charge in [-0.05, 0) is 17.7 Å². The molecule has 4 nitrogen and oxygen atoms in total. The van der Waals surface area contributed by atoms with Gasteiger partial charge in [0.2, 0.25) is 0 Å². The van der Waals surface area contributed by atoms with Crippen molar-refractivity contribution in [1.29, 1.82) is 0 Å². The Hall–Kier alpha value is -1.46. The number of nitrogens with zero attached hydrogens (tertiary/aromatic N) is 1. The molecule has 0 radical (unpaired) electrons. The Bertz CT molecular complexity index is 381. The third kappa shape index (κ3) is 2.14. The van der Waals surface area contributed by atoms with E-state index in [0.717, 1.165) is 18.4 Å². The lowest BCUT2D eigenvalue weighted by Gasteiger charge is -2.16. The highest BCUT2D eigenvalue weighted by Crippen LogP contribution is 2.25. The molecule has 3 N–H and O–H groups in total. The number of ether oxygens (including phenoxy) is 1. The van der Waals surface area contributed by atoms with Crippen LogP contribution < -0.4 is 11.3 Å². The van der Waals surface area contributed by atoms with Crippen LogP contribution in [0, 0.1) is 5.82 Å². The Morgan fingerprint density at radius 3 is 3.00 bits per heavy atom. The number of rotatable bonds is 3. The summed E-state index contributed by atoms with van der Waals surface area (Å²) in [7, 11) is 0. The normalized spacial score (nSPS) is 17.1. The summed E-state index contributed by atoms with van der Waals surface area (Å²) >= 11 is 0. The second kappa shape index (κ2) is 4.37. The summed E-state index contributed by atoms with van der Waals surface area (Å²) in [5.41, 5.74) is 3.25. The minimum atomic E-state index is -0.383. The summed E-state index contributed by atoms with van der Waals surface area (Å²) in [5, 5.41) is 0. The van der Waals surface area contributed by atoms with Gasteiger partial charge in [-0.25, -0.2) is 9.82 Å². The topological polar surface area (TPSA) is 60.2 Å². The van der Waals surface area contributed by atoms with Crippen molar-refractivity contribution in [2.75, 3.05) is 6.61 Å². The maximum absolute atomic E-state index is 13.0. The third-order valence-electron chi connectivity index (χ3n) is 2.24. The van der Waals surface area contributed by atoms with Crippen LogP contribution in [0.5, 0.6) is 0 Å². The van der Waals surface area contributed by atoms with Crippen molar-refractivity contribution in [1.82, 2.24) is 10.4 Å². The minimum absolute atomic E-state index is 0.323.